The molecule has 10 heteroatoms. The molecule has 1 aliphatic rings. The van der Waals surface area contributed by atoms with Crippen LogP contribution in [0.5, 0.6) is 5.75 Å². The standard InChI is InChI=1S/C19H20N6O3S/c26-17-7-5-16(6-8-17)25-19(21-22-23-25)29-13-18(27)20-14-1-3-15(4-2-14)24-9-11-28-12-10-24/h1-8,26H,9-13H2,(H,20,27). The summed E-state index contributed by atoms with van der Waals surface area (Å²) >= 11 is 1.24. The van der Waals surface area contributed by atoms with Crippen LogP contribution in [0.2, 0.25) is 0 Å². The predicted octanol–water partition coefficient (Wildman–Crippen LogP) is 1.94. The molecule has 0 radical (unpaired) electrons. The second-order valence-electron chi connectivity index (χ2n) is 6.37. The number of morpholine rings is 1. The molecule has 1 amide bonds. The highest BCUT2D eigenvalue weighted by Gasteiger charge is 2.13. The molecular weight excluding hydrogens is 392 g/mol. The zero-order valence-electron chi connectivity index (χ0n) is 15.6. The molecule has 2 heterocycles. The summed E-state index contributed by atoms with van der Waals surface area (Å²) in [5.41, 5.74) is 2.56. The molecular formula is C19H20N6O3S. The fraction of sp³-hybridized carbons (Fsp3) is 0.263. The summed E-state index contributed by atoms with van der Waals surface area (Å²) in [4.78, 5) is 14.6. The molecule has 3 aromatic rings. The lowest BCUT2D eigenvalue weighted by Gasteiger charge is -2.28. The van der Waals surface area contributed by atoms with Crippen molar-refractivity contribution in [3.63, 3.8) is 0 Å². The van der Waals surface area contributed by atoms with E-state index in [9.17, 15) is 9.90 Å². The molecule has 29 heavy (non-hydrogen) atoms. The Kier molecular flexibility index (Phi) is 5.92. The first kappa shape index (κ1) is 19.2. The zero-order valence-corrected chi connectivity index (χ0v) is 16.4. The van der Waals surface area contributed by atoms with Crippen molar-refractivity contribution in [1.82, 2.24) is 20.2 Å². The van der Waals surface area contributed by atoms with E-state index in [1.54, 1.807) is 24.3 Å². The van der Waals surface area contributed by atoms with Gasteiger partial charge in [-0.1, -0.05) is 11.8 Å². The van der Waals surface area contributed by atoms with Crippen LogP contribution in [-0.4, -0.2) is 63.3 Å². The van der Waals surface area contributed by atoms with Crippen LogP contribution >= 0.6 is 11.8 Å². The molecule has 150 valence electrons. The number of amides is 1. The number of carbonyl (C=O) groups is 1. The molecule has 0 bridgehead atoms. The largest absolute Gasteiger partial charge is 0.508 e. The maximum Gasteiger partial charge on any atom is 0.234 e. The molecule has 2 aromatic carbocycles. The number of nitrogens with zero attached hydrogens (tertiary/aromatic N) is 5. The van der Waals surface area contributed by atoms with Gasteiger partial charge in [0, 0.05) is 24.5 Å². The van der Waals surface area contributed by atoms with Gasteiger partial charge in [0.15, 0.2) is 0 Å². The third-order valence-electron chi connectivity index (χ3n) is 4.39. The number of phenols is 1. The van der Waals surface area contributed by atoms with E-state index in [2.05, 4.69) is 25.7 Å². The van der Waals surface area contributed by atoms with Gasteiger partial charge in [-0.05, 0) is 59.0 Å². The van der Waals surface area contributed by atoms with E-state index in [0.29, 0.717) is 10.8 Å². The smallest absolute Gasteiger partial charge is 0.234 e. The maximum absolute atomic E-state index is 12.3. The summed E-state index contributed by atoms with van der Waals surface area (Å²) in [6.07, 6.45) is 0. The first-order valence-electron chi connectivity index (χ1n) is 9.12. The van der Waals surface area contributed by atoms with Gasteiger partial charge in [-0.2, -0.15) is 4.68 Å². The van der Waals surface area contributed by atoms with E-state index in [1.807, 2.05) is 24.3 Å². The highest BCUT2D eigenvalue weighted by molar-refractivity contribution is 7.99. The average molecular weight is 412 g/mol. The second kappa shape index (κ2) is 8.93. The number of rotatable bonds is 6. The lowest BCUT2D eigenvalue weighted by Crippen LogP contribution is -2.36. The minimum atomic E-state index is -0.144. The topological polar surface area (TPSA) is 105 Å². The quantitative estimate of drug-likeness (QED) is 0.592. The van der Waals surface area contributed by atoms with Gasteiger partial charge in [-0.25, -0.2) is 0 Å². The molecule has 1 fully saturated rings. The number of nitrogens with one attached hydrogen (secondary N) is 1. The second-order valence-corrected chi connectivity index (χ2v) is 7.32. The fourth-order valence-corrected chi connectivity index (χ4v) is 3.62. The number of hydrogen-bond acceptors (Lipinski definition) is 8. The van der Waals surface area contributed by atoms with Crippen LogP contribution in [0.15, 0.2) is 53.7 Å². The number of hydrogen-bond donors (Lipinski definition) is 2. The van der Waals surface area contributed by atoms with Crippen molar-refractivity contribution in [2.45, 2.75) is 5.16 Å². The lowest BCUT2D eigenvalue weighted by molar-refractivity contribution is -0.113. The Morgan fingerprint density at radius 3 is 2.48 bits per heavy atom. The van der Waals surface area contributed by atoms with E-state index in [4.69, 9.17) is 4.74 Å². The number of thioether (sulfide) groups is 1. The number of tetrazole rings is 1. The average Bonchev–Trinajstić information content (AvgIpc) is 3.23. The molecule has 0 atom stereocenters. The van der Waals surface area contributed by atoms with Crippen molar-refractivity contribution >= 4 is 29.0 Å². The predicted molar refractivity (Wildman–Crippen MR) is 110 cm³/mol. The van der Waals surface area contributed by atoms with Gasteiger partial charge in [0.05, 0.1) is 24.7 Å². The summed E-state index contributed by atoms with van der Waals surface area (Å²) in [5, 5.41) is 24.4. The number of anilines is 2. The number of benzene rings is 2. The van der Waals surface area contributed by atoms with Gasteiger partial charge < -0.3 is 20.1 Å². The van der Waals surface area contributed by atoms with Crippen LogP contribution in [0, 0.1) is 0 Å². The summed E-state index contributed by atoms with van der Waals surface area (Å²) in [7, 11) is 0. The van der Waals surface area contributed by atoms with Gasteiger partial charge in [0.1, 0.15) is 5.75 Å². The Hall–Kier alpha value is -3.11. The summed E-state index contributed by atoms with van der Waals surface area (Å²) in [6, 6.07) is 14.3. The molecule has 0 unspecified atom stereocenters. The number of phenolic OH excluding ortho intramolecular Hbond substituents is 1. The normalized spacial score (nSPS) is 14.0. The Morgan fingerprint density at radius 2 is 1.76 bits per heavy atom. The molecule has 1 aromatic heterocycles. The van der Waals surface area contributed by atoms with Crippen molar-refractivity contribution in [3.05, 3.63) is 48.5 Å². The van der Waals surface area contributed by atoms with Gasteiger partial charge in [0.2, 0.25) is 11.1 Å². The first-order chi connectivity index (χ1) is 14.2. The fourth-order valence-electron chi connectivity index (χ4n) is 2.93. The Labute approximate surface area is 171 Å². The monoisotopic (exact) mass is 412 g/mol. The van der Waals surface area contributed by atoms with Crippen LogP contribution in [0.25, 0.3) is 5.69 Å². The molecule has 0 aliphatic carbocycles. The van der Waals surface area contributed by atoms with Gasteiger partial charge in [-0.3, -0.25) is 4.79 Å². The zero-order chi connectivity index (χ0) is 20.1. The summed E-state index contributed by atoms with van der Waals surface area (Å²) < 4.78 is 6.89. The molecule has 4 rings (SSSR count). The molecule has 2 N–H and O–H groups in total. The van der Waals surface area contributed by atoms with Gasteiger partial charge >= 0.3 is 0 Å². The Morgan fingerprint density at radius 1 is 1.07 bits per heavy atom. The number of aromatic nitrogens is 4. The molecule has 9 nitrogen and oxygen atoms in total. The van der Waals surface area contributed by atoms with Gasteiger partial charge in [0.25, 0.3) is 0 Å². The Bertz CT molecular complexity index is 955. The van der Waals surface area contributed by atoms with Crippen LogP contribution < -0.4 is 10.2 Å². The van der Waals surface area contributed by atoms with Crippen molar-refractivity contribution in [2.24, 2.45) is 0 Å². The number of aromatic hydroxyl groups is 1. The number of carbonyl (C=O) groups excluding carboxylic acids is 1. The van der Waals surface area contributed by atoms with Crippen LogP contribution in [0.4, 0.5) is 11.4 Å². The lowest BCUT2D eigenvalue weighted by atomic mass is 10.2. The van der Waals surface area contributed by atoms with E-state index >= 15 is 0 Å². The number of ether oxygens (including phenoxy) is 1. The molecule has 0 saturated carbocycles. The van der Waals surface area contributed by atoms with E-state index in [-0.39, 0.29) is 17.4 Å². The summed E-state index contributed by atoms with van der Waals surface area (Å²) in [5.74, 6) is 0.188. The highest BCUT2D eigenvalue weighted by Crippen LogP contribution is 2.21. The van der Waals surface area contributed by atoms with Crippen molar-refractivity contribution < 1.29 is 14.6 Å². The van der Waals surface area contributed by atoms with Crippen LogP contribution in [-0.2, 0) is 9.53 Å². The van der Waals surface area contributed by atoms with E-state index in [1.165, 1.54) is 16.4 Å². The Balaban J connectivity index is 1.33. The van der Waals surface area contributed by atoms with Crippen molar-refractivity contribution in [2.75, 3.05) is 42.3 Å². The third-order valence-corrected chi connectivity index (χ3v) is 5.31. The van der Waals surface area contributed by atoms with Gasteiger partial charge in [-0.15, -0.1) is 5.10 Å². The van der Waals surface area contributed by atoms with Crippen LogP contribution in [0.1, 0.15) is 0 Å². The molecule has 1 saturated heterocycles. The minimum Gasteiger partial charge on any atom is -0.508 e. The highest BCUT2D eigenvalue weighted by atomic mass is 32.2. The van der Waals surface area contributed by atoms with E-state index < -0.39 is 0 Å². The minimum absolute atomic E-state index is 0.144. The van der Waals surface area contributed by atoms with Crippen molar-refractivity contribution in [1.29, 1.82) is 0 Å². The van der Waals surface area contributed by atoms with Crippen LogP contribution in [0.3, 0.4) is 0 Å². The first-order valence-corrected chi connectivity index (χ1v) is 10.1. The SMILES string of the molecule is O=C(CSc1nnnn1-c1ccc(O)cc1)Nc1ccc(N2CCOCC2)cc1. The van der Waals surface area contributed by atoms with Crippen molar-refractivity contribution in [3.8, 4) is 11.4 Å². The molecule has 0 spiro atoms. The molecule has 1 aliphatic heterocycles. The van der Waals surface area contributed by atoms with E-state index in [0.717, 1.165) is 37.7 Å². The summed E-state index contributed by atoms with van der Waals surface area (Å²) in [6.45, 7) is 3.22. The maximum atomic E-state index is 12.3. The third kappa shape index (κ3) is 4.84.